The lowest BCUT2D eigenvalue weighted by Crippen LogP contribution is -2.22. The summed E-state index contributed by atoms with van der Waals surface area (Å²) in [5.74, 6) is 0.268. The van der Waals surface area contributed by atoms with Crippen molar-refractivity contribution in [2.75, 3.05) is 0 Å². The van der Waals surface area contributed by atoms with Gasteiger partial charge in [-0.1, -0.05) is 6.92 Å². The van der Waals surface area contributed by atoms with Crippen LogP contribution in [-0.4, -0.2) is 11.0 Å². The predicted octanol–water partition coefficient (Wildman–Crippen LogP) is 2.42. The van der Waals surface area contributed by atoms with Crippen LogP contribution in [0.15, 0.2) is 22.6 Å². The van der Waals surface area contributed by atoms with Crippen LogP contribution in [0.25, 0.3) is 11.1 Å². The van der Waals surface area contributed by atoms with Gasteiger partial charge in [0.25, 0.3) is 0 Å². The van der Waals surface area contributed by atoms with E-state index in [2.05, 4.69) is 4.98 Å². The van der Waals surface area contributed by atoms with Crippen molar-refractivity contribution in [2.45, 2.75) is 25.8 Å². The minimum Gasteiger partial charge on any atom is -0.440 e. The van der Waals surface area contributed by atoms with Crippen LogP contribution in [-0.2, 0) is 0 Å². The van der Waals surface area contributed by atoms with Crippen LogP contribution in [0.4, 0.5) is 4.39 Å². The summed E-state index contributed by atoms with van der Waals surface area (Å²) in [4.78, 5) is 4.26. The van der Waals surface area contributed by atoms with Crippen molar-refractivity contribution in [3.63, 3.8) is 0 Å². The van der Waals surface area contributed by atoms with Crippen molar-refractivity contribution < 1.29 is 8.81 Å². The quantitative estimate of drug-likeness (QED) is 0.824. The fraction of sp³-hybridized carbons (Fsp3) is 0.364. The van der Waals surface area contributed by atoms with Crippen LogP contribution in [0.1, 0.15) is 25.7 Å². The van der Waals surface area contributed by atoms with Gasteiger partial charge in [0, 0.05) is 18.0 Å². The number of oxazole rings is 1. The second-order valence-electron chi connectivity index (χ2n) is 3.81. The summed E-state index contributed by atoms with van der Waals surface area (Å²) >= 11 is 0. The fourth-order valence-corrected chi connectivity index (χ4v) is 1.34. The van der Waals surface area contributed by atoms with Gasteiger partial charge >= 0.3 is 0 Å². The van der Waals surface area contributed by atoms with Gasteiger partial charge in [-0.2, -0.15) is 0 Å². The second kappa shape index (κ2) is 3.62. The molecule has 2 atom stereocenters. The largest absolute Gasteiger partial charge is 0.440 e. The average molecular weight is 208 g/mol. The number of nitrogens with two attached hydrogens (primary N) is 1. The number of hydrogen-bond donors (Lipinski definition) is 1. The van der Waals surface area contributed by atoms with Gasteiger partial charge in [0.2, 0.25) is 0 Å². The highest BCUT2D eigenvalue weighted by Crippen LogP contribution is 2.23. The van der Waals surface area contributed by atoms with Crippen LogP contribution in [0.2, 0.25) is 0 Å². The third kappa shape index (κ3) is 1.85. The molecule has 80 valence electrons. The first-order valence-electron chi connectivity index (χ1n) is 4.89. The maximum atomic E-state index is 12.9. The number of fused-ring (bicyclic) bond motifs is 1. The van der Waals surface area contributed by atoms with Crippen molar-refractivity contribution in [1.29, 1.82) is 0 Å². The molecule has 1 heterocycles. The average Bonchev–Trinajstić information content (AvgIpc) is 2.58. The Hall–Kier alpha value is -1.42. The molecule has 1 aromatic heterocycles. The molecule has 0 saturated carbocycles. The molecule has 0 amide bonds. The first-order valence-corrected chi connectivity index (χ1v) is 4.89. The molecule has 1 aromatic carbocycles. The summed E-state index contributed by atoms with van der Waals surface area (Å²) in [5, 5.41) is 0. The number of hydrogen-bond acceptors (Lipinski definition) is 3. The topological polar surface area (TPSA) is 52.0 Å². The van der Waals surface area contributed by atoms with Crippen LogP contribution < -0.4 is 5.73 Å². The molecule has 0 spiro atoms. The zero-order valence-electron chi connectivity index (χ0n) is 8.70. The summed E-state index contributed by atoms with van der Waals surface area (Å²) in [6.07, 6.45) is 0. The van der Waals surface area contributed by atoms with Crippen molar-refractivity contribution in [1.82, 2.24) is 4.98 Å². The van der Waals surface area contributed by atoms with E-state index in [-0.39, 0.29) is 17.8 Å². The molecule has 0 radical (unpaired) electrons. The highest BCUT2D eigenvalue weighted by Gasteiger charge is 2.17. The smallest absolute Gasteiger partial charge is 0.199 e. The van der Waals surface area contributed by atoms with E-state index in [0.717, 1.165) is 0 Å². The van der Waals surface area contributed by atoms with E-state index in [9.17, 15) is 4.39 Å². The summed E-state index contributed by atoms with van der Waals surface area (Å²) in [6.45, 7) is 3.83. The molecular formula is C11H13FN2O. The molecule has 0 bridgehead atoms. The van der Waals surface area contributed by atoms with Crippen molar-refractivity contribution >= 4 is 11.1 Å². The number of nitrogens with zero attached hydrogens (tertiary/aromatic N) is 1. The molecule has 3 nitrogen and oxygen atoms in total. The fourth-order valence-electron chi connectivity index (χ4n) is 1.34. The Labute approximate surface area is 87.1 Å². The lowest BCUT2D eigenvalue weighted by atomic mass is 10.1. The van der Waals surface area contributed by atoms with E-state index in [1.54, 1.807) is 6.07 Å². The van der Waals surface area contributed by atoms with Gasteiger partial charge in [-0.15, -0.1) is 0 Å². The van der Waals surface area contributed by atoms with Crippen LogP contribution in [0.3, 0.4) is 0 Å². The molecule has 2 rings (SSSR count). The Bertz CT molecular complexity index is 478. The molecule has 0 aliphatic rings. The summed E-state index contributed by atoms with van der Waals surface area (Å²) in [7, 11) is 0. The zero-order valence-corrected chi connectivity index (χ0v) is 8.70. The molecule has 0 aliphatic heterocycles. The predicted molar refractivity (Wildman–Crippen MR) is 56.0 cm³/mol. The number of benzene rings is 1. The van der Waals surface area contributed by atoms with Gasteiger partial charge in [-0.3, -0.25) is 0 Å². The lowest BCUT2D eigenvalue weighted by Gasteiger charge is -2.10. The van der Waals surface area contributed by atoms with Gasteiger partial charge < -0.3 is 10.2 Å². The Balaban J connectivity index is 2.47. The molecule has 4 heteroatoms. The normalized spacial score (nSPS) is 15.5. The summed E-state index contributed by atoms with van der Waals surface area (Å²) < 4.78 is 18.3. The number of aromatic nitrogens is 1. The molecule has 15 heavy (non-hydrogen) atoms. The van der Waals surface area contributed by atoms with Crippen LogP contribution >= 0.6 is 0 Å². The minimum atomic E-state index is -0.321. The first kappa shape index (κ1) is 10.1. The molecule has 2 N–H and O–H groups in total. The maximum Gasteiger partial charge on any atom is 0.199 e. The molecule has 0 aliphatic carbocycles. The van der Waals surface area contributed by atoms with Gasteiger partial charge in [0.1, 0.15) is 11.3 Å². The SMILES string of the molecule is CC(N)C(C)c1nc2ccc(F)cc2o1. The third-order valence-corrected chi connectivity index (χ3v) is 2.55. The number of halogens is 1. The molecule has 2 unspecified atom stereocenters. The van der Waals surface area contributed by atoms with Gasteiger partial charge in [-0.25, -0.2) is 9.37 Å². The zero-order chi connectivity index (χ0) is 11.0. The minimum absolute atomic E-state index is 0.0282. The first-order chi connectivity index (χ1) is 7.08. The highest BCUT2D eigenvalue weighted by molar-refractivity contribution is 5.72. The van der Waals surface area contributed by atoms with E-state index in [1.807, 2.05) is 13.8 Å². The van der Waals surface area contributed by atoms with Gasteiger partial charge in [0.15, 0.2) is 11.5 Å². The second-order valence-corrected chi connectivity index (χ2v) is 3.81. The Morgan fingerprint density at radius 3 is 2.80 bits per heavy atom. The molecule has 2 aromatic rings. The summed E-state index contributed by atoms with van der Waals surface area (Å²) in [6, 6.07) is 4.26. The number of rotatable bonds is 2. The van der Waals surface area contributed by atoms with E-state index < -0.39 is 0 Å². The Kier molecular flexibility index (Phi) is 2.44. The third-order valence-electron chi connectivity index (χ3n) is 2.55. The summed E-state index contributed by atoms with van der Waals surface area (Å²) in [5.41, 5.74) is 6.88. The monoisotopic (exact) mass is 208 g/mol. The molecular weight excluding hydrogens is 195 g/mol. The van der Waals surface area contributed by atoms with Crippen molar-refractivity contribution in [3.8, 4) is 0 Å². The molecule has 0 saturated heterocycles. The highest BCUT2D eigenvalue weighted by atomic mass is 19.1. The van der Waals surface area contributed by atoms with Crippen molar-refractivity contribution in [3.05, 3.63) is 29.9 Å². The van der Waals surface area contributed by atoms with E-state index in [0.29, 0.717) is 17.0 Å². The maximum absolute atomic E-state index is 12.9. The molecule has 0 fully saturated rings. The Morgan fingerprint density at radius 1 is 1.40 bits per heavy atom. The van der Waals surface area contributed by atoms with Gasteiger partial charge in [-0.05, 0) is 19.1 Å². The van der Waals surface area contributed by atoms with Crippen LogP contribution in [0, 0.1) is 5.82 Å². The standard InChI is InChI=1S/C11H13FN2O/c1-6(7(2)13)11-14-9-4-3-8(12)5-10(9)15-11/h3-7H,13H2,1-2H3. The van der Waals surface area contributed by atoms with Gasteiger partial charge in [0.05, 0.1) is 0 Å². The lowest BCUT2D eigenvalue weighted by molar-refractivity contribution is 0.450. The van der Waals surface area contributed by atoms with E-state index in [1.165, 1.54) is 12.1 Å². The van der Waals surface area contributed by atoms with E-state index >= 15 is 0 Å². The van der Waals surface area contributed by atoms with E-state index in [4.69, 9.17) is 10.2 Å². The van der Waals surface area contributed by atoms with Crippen molar-refractivity contribution in [2.24, 2.45) is 5.73 Å². The Morgan fingerprint density at radius 2 is 2.13 bits per heavy atom. The van der Waals surface area contributed by atoms with Crippen LogP contribution in [0.5, 0.6) is 0 Å².